The molecule has 0 saturated carbocycles. The van der Waals surface area contributed by atoms with Crippen LogP contribution < -0.4 is 10.1 Å². The van der Waals surface area contributed by atoms with Gasteiger partial charge in [-0.25, -0.2) is 0 Å². The SMILES string of the molecule is CCC(Cc1ccc(OC)cc1)=C(c1ccccc1)c1ccc(NCCOC)cc1. The highest BCUT2D eigenvalue weighted by atomic mass is 16.5. The van der Waals surface area contributed by atoms with Crippen LogP contribution in [0.15, 0.2) is 84.4 Å². The molecule has 1 N–H and O–H groups in total. The van der Waals surface area contributed by atoms with Crippen LogP contribution in [0.4, 0.5) is 5.69 Å². The van der Waals surface area contributed by atoms with Crippen LogP contribution in [0.5, 0.6) is 5.75 Å². The Bertz CT molecular complexity index is 929. The molecule has 0 heterocycles. The Morgan fingerprint density at radius 1 is 0.800 bits per heavy atom. The van der Waals surface area contributed by atoms with E-state index in [-0.39, 0.29) is 0 Å². The summed E-state index contributed by atoms with van der Waals surface area (Å²) in [5.74, 6) is 0.889. The minimum absolute atomic E-state index is 0.693. The molecule has 0 saturated heterocycles. The second kappa shape index (κ2) is 11.2. The molecule has 0 aliphatic rings. The summed E-state index contributed by atoms with van der Waals surface area (Å²) in [4.78, 5) is 0. The van der Waals surface area contributed by atoms with Crippen LogP contribution in [0.25, 0.3) is 5.57 Å². The number of hydrogen-bond acceptors (Lipinski definition) is 3. The molecule has 0 fully saturated rings. The first-order chi connectivity index (χ1) is 14.7. The molecule has 0 aromatic heterocycles. The summed E-state index contributed by atoms with van der Waals surface area (Å²) in [6.45, 7) is 3.73. The van der Waals surface area contributed by atoms with E-state index in [1.54, 1.807) is 14.2 Å². The van der Waals surface area contributed by atoms with Gasteiger partial charge in [-0.05, 0) is 59.4 Å². The molecule has 0 atom stereocenters. The van der Waals surface area contributed by atoms with E-state index in [0.717, 1.165) is 30.8 Å². The number of rotatable bonds is 10. The maximum atomic E-state index is 5.31. The van der Waals surface area contributed by atoms with Crippen LogP contribution in [0.3, 0.4) is 0 Å². The van der Waals surface area contributed by atoms with Crippen LogP contribution in [-0.4, -0.2) is 27.4 Å². The van der Waals surface area contributed by atoms with E-state index in [9.17, 15) is 0 Å². The van der Waals surface area contributed by atoms with E-state index in [1.807, 2.05) is 12.1 Å². The van der Waals surface area contributed by atoms with Crippen LogP contribution in [0.1, 0.15) is 30.0 Å². The highest BCUT2D eigenvalue weighted by molar-refractivity contribution is 5.83. The molecule has 30 heavy (non-hydrogen) atoms. The van der Waals surface area contributed by atoms with Crippen LogP contribution in [0, 0.1) is 0 Å². The fourth-order valence-electron chi connectivity index (χ4n) is 3.61. The third-order valence-electron chi connectivity index (χ3n) is 5.23. The minimum atomic E-state index is 0.693. The van der Waals surface area contributed by atoms with Gasteiger partial charge in [0.15, 0.2) is 0 Å². The molecule has 3 rings (SSSR count). The molecule has 0 aliphatic carbocycles. The van der Waals surface area contributed by atoms with Gasteiger partial charge < -0.3 is 14.8 Å². The first kappa shape index (κ1) is 21.7. The topological polar surface area (TPSA) is 30.5 Å². The Labute approximate surface area is 180 Å². The van der Waals surface area contributed by atoms with Crippen molar-refractivity contribution in [2.75, 3.05) is 32.7 Å². The molecule has 0 radical (unpaired) electrons. The summed E-state index contributed by atoms with van der Waals surface area (Å²) < 4.78 is 10.4. The summed E-state index contributed by atoms with van der Waals surface area (Å²) in [6.07, 6.45) is 1.91. The van der Waals surface area contributed by atoms with Crippen molar-refractivity contribution in [3.05, 3.63) is 101 Å². The summed E-state index contributed by atoms with van der Waals surface area (Å²) >= 11 is 0. The predicted molar refractivity (Wildman–Crippen MR) is 126 cm³/mol. The molecule has 0 bridgehead atoms. The highest BCUT2D eigenvalue weighted by Crippen LogP contribution is 2.31. The van der Waals surface area contributed by atoms with Gasteiger partial charge in [0, 0.05) is 19.3 Å². The van der Waals surface area contributed by atoms with Crippen LogP contribution in [-0.2, 0) is 11.2 Å². The molecule has 0 amide bonds. The van der Waals surface area contributed by atoms with E-state index in [0.29, 0.717) is 6.61 Å². The third-order valence-corrected chi connectivity index (χ3v) is 5.23. The number of allylic oxidation sites excluding steroid dienone is 1. The van der Waals surface area contributed by atoms with E-state index in [4.69, 9.17) is 9.47 Å². The average Bonchev–Trinajstić information content (AvgIpc) is 2.81. The van der Waals surface area contributed by atoms with E-state index < -0.39 is 0 Å². The van der Waals surface area contributed by atoms with Gasteiger partial charge >= 0.3 is 0 Å². The largest absolute Gasteiger partial charge is 0.497 e. The van der Waals surface area contributed by atoms with Crippen molar-refractivity contribution in [3.63, 3.8) is 0 Å². The van der Waals surface area contributed by atoms with Crippen molar-refractivity contribution >= 4 is 11.3 Å². The second-order valence-electron chi connectivity index (χ2n) is 7.22. The normalized spacial score (nSPS) is 11.7. The lowest BCUT2D eigenvalue weighted by Gasteiger charge is -2.17. The molecule has 156 valence electrons. The standard InChI is InChI=1S/C27H31NO2/c1-4-22(20-21-10-16-26(30-3)17-11-21)27(23-8-6-5-7-9-23)24-12-14-25(15-13-24)28-18-19-29-2/h5-17,28H,4,18-20H2,1-3H3. The zero-order valence-corrected chi connectivity index (χ0v) is 18.2. The lowest BCUT2D eigenvalue weighted by Crippen LogP contribution is -2.07. The second-order valence-corrected chi connectivity index (χ2v) is 7.22. The Morgan fingerprint density at radius 3 is 2.07 bits per heavy atom. The monoisotopic (exact) mass is 401 g/mol. The maximum Gasteiger partial charge on any atom is 0.118 e. The zero-order chi connectivity index (χ0) is 21.2. The Balaban J connectivity index is 1.96. The van der Waals surface area contributed by atoms with Crippen molar-refractivity contribution in [2.45, 2.75) is 19.8 Å². The quantitative estimate of drug-likeness (QED) is 0.410. The van der Waals surface area contributed by atoms with Gasteiger partial charge in [0.05, 0.1) is 13.7 Å². The number of nitrogens with one attached hydrogen (secondary N) is 1. The van der Waals surface area contributed by atoms with Gasteiger partial charge in [-0.1, -0.05) is 67.1 Å². The van der Waals surface area contributed by atoms with Crippen molar-refractivity contribution in [2.24, 2.45) is 0 Å². The molecule has 0 aliphatic heterocycles. The van der Waals surface area contributed by atoms with Crippen molar-refractivity contribution in [3.8, 4) is 5.75 Å². The van der Waals surface area contributed by atoms with Gasteiger partial charge in [-0.3, -0.25) is 0 Å². The van der Waals surface area contributed by atoms with Crippen molar-refractivity contribution in [1.82, 2.24) is 0 Å². The summed E-state index contributed by atoms with van der Waals surface area (Å²) in [7, 11) is 3.42. The lowest BCUT2D eigenvalue weighted by atomic mass is 9.88. The first-order valence-electron chi connectivity index (χ1n) is 10.5. The summed E-state index contributed by atoms with van der Waals surface area (Å²) in [5, 5.41) is 3.39. The van der Waals surface area contributed by atoms with Gasteiger partial charge in [-0.2, -0.15) is 0 Å². The fourth-order valence-corrected chi connectivity index (χ4v) is 3.61. The van der Waals surface area contributed by atoms with Crippen LogP contribution in [0.2, 0.25) is 0 Å². The van der Waals surface area contributed by atoms with E-state index in [2.05, 4.69) is 79.0 Å². The number of methoxy groups -OCH3 is 2. The molecule has 3 nitrogen and oxygen atoms in total. The molecule has 0 spiro atoms. The van der Waals surface area contributed by atoms with Crippen molar-refractivity contribution in [1.29, 1.82) is 0 Å². The predicted octanol–water partition coefficient (Wildman–Crippen LogP) is 6.21. The number of hydrogen-bond donors (Lipinski definition) is 1. The molecular weight excluding hydrogens is 370 g/mol. The molecule has 3 aromatic carbocycles. The number of benzene rings is 3. The van der Waals surface area contributed by atoms with Gasteiger partial charge in [0.25, 0.3) is 0 Å². The molecule has 0 unspecified atom stereocenters. The Morgan fingerprint density at radius 2 is 1.47 bits per heavy atom. The molecule has 3 aromatic rings. The molecular formula is C27H31NO2. The third kappa shape index (κ3) is 5.74. The smallest absolute Gasteiger partial charge is 0.118 e. The van der Waals surface area contributed by atoms with Gasteiger partial charge in [-0.15, -0.1) is 0 Å². The van der Waals surface area contributed by atoms with Gasteiger partial charge in [0.1, 0.15) is 5.75 Å². The zero-order valence-electron chi connectivity index (χ0n) is 18.2. The summed E-state index contributed by atoms with van der Waals surface area (Å²) in [5.41, 5.74) is 7.63. The minimum Gasteiger partial charge on any atom is -0.497 e. The number of anilines is 1. The Kier molecular flexibility index (Phi) is 8.10. The van der Waals surface area contributed by atoms with Gasteiger partial charge in [0.2, 0.25) is 0 Å². The lowest BCUT2D eigenvalue weighted by molar-refractivity contribution is 0.211. The fraction of sp³-hybridized carbons (Fsp3) is 0.259. The van der Waals surface area contributed by atoms with E-state index in [1.165, 1.54) is 27.8 Å². The Hall–Kier alpha value is -3.04. The highest BCUT2D eigenvalue weighted by Gasteiger charge is 2.12. The first-order valence-corrected chi connectivity index (χ1v) is 10.5. The number of ether oxygens (including phenoxy) is 2. The maximum absolute atomic E-state index is 5.31. The average molecular weight is 402 g/mol. The molecule has 3 heteroatoms. The van der Waals surface area contributed by atoms with Crippen LogP contribution >= 0.6 is 0 Å². The van der Waals surface area contributed by atoms with Crippen molar-refractivity contribution < 1.29 is 9.47 Å². The summed E-state index contributed by atoms with van der Waals surface area (Å²) in [6, 6.07) is 27.8. The van der Waals surface area contributed by atoms with E-state index >= 15 is 0 Å².